The average Bonchev–Trinajstić information content (AvgIpc) is 2.33. The largest absolute Gasteiger partial charge is 0.311 e. The number of carbonyl (C=O) groups is 1. The molecule has 0 saturated carbocycles. The van der Waals surface area contributed by atoms with Crippen LogP contribution in [0.3, 0.4) is 0 Å². The number of Topliss-reactive ketones (excluding diaryl/α,β-unsaturated/α-hetero) is 1. The molecule has 0 aromatic rings. The van der Waals surface area contributed by atoms with Crippen LogP contribution in [-0.4, -0.2) is 17.3 Å². The van der Waals surface area contributed by atoms with Crippen LogP contribution < -0.4 is 5.84 Å². The van der Waals surface area contributed by atoms with Crippen LogP contribution in [0.25, 0.3) is 0 Å². The maximum absolute atomic E-state index is 11.8. The number of hydrazine groups is 1. The molecule has 0 bridgehead atoms. The van der Waals surface area contributed by atoms with Gasteiger partial charge in [0, 0.05) is 12.1 Å². The molecule has 0 aliphatic carbocycles. The van der Waals surface area contributed by atoms with Gasteiger partial charge in [-0.1, -0.05) is 27.4 Å². The topological polar surface area (TPSA) is 46.3 Å². The zero-order valence-corrected chi connectivity index (χ0v) is 12.8. The number of allylic oxidation sites excluding steroid dienone is 4. The standard InChI is InChI=1S/C16H26N2O/c1-7-11(2)14(13(4)19)10-15-12(3)16(5,6)8-9-18(15)17/h10H,2,7-9,17H2,1,3-6H3/b14-10+. The van der Waals surface area contributed by atoms with Crippen molar-refractivity contribution >= 4 is 5.78 Å². The average molecular weight is 262 g/mol. The maximum Gasteiger partial charge on any atom is 0.160 e. The van der Waals surface area contributed by atoms with Crippen molar-refractivity contribution < 1.29 is 4.79 Å². The summed E-state index contributed by atoms with van der Waals surface area (Å²) in [6.45, 7) is 14.9. The Hall–Kier alpha value is -1.35. The number of carbonyl (C=O) groups excluding carboxylic acids is 1. The van der Waals surface area contributed by atoms with E-state index in [1.165, 1.54) is 5.57 Å². The first-order valence-corrected chi connectivity index (χ1v) is 6.85. The van der Waals surface area contributed by atoms with Crippen molar-refractivity contribution in [1.82, 2.24) is 5.01 Å². The molecule has 3 heteroatoms. The molecule has 1 heterocycles. The van der Waals surface area contributed by atoms with Crippen LogP contribution in [0.4, 0.5) is 0 Å². The van der Waals surface area contributed by atoms with E-state index in [2.05, 4.69) is 27.4 Å². The summed E-state index contributed by atoms with van der Waals surface area (Å²) in [5.74, 6) is 6.12. The summed E-state index contributed by atoms with van der Waals surface area (Å²) < 4.78 is 0. The highest BCUT2D eigenvalue weighted by Crippen LogP contribution is 2.37. The molecule has 1 aliphatic heterocycles. The van der Waals surface area contributed by atoms with E-state index in [0.29, 0.717) is 5.57 Å². The molecule has 0 aromatic heterocycles. The molecule has 1 aliphatic rings. The SMILES string of the molecule is C=C(CC)/C(=C\C1=C(C)C(C)(C)CCN1N)C(C)=O. The van der Waals surface area contributed by atoms with Gasteiger partial charge in [-0.15, -0.1) is 0 Å². The Morgan fingerprint density at radius 1 is 1.53 bits per heavy atom. The van der Waals surface area contributed by atoms with Crippen molar-refractivity contribution in [3.8, 4) is 0 Å². The van der Waals surface area contributed by atoms with Gasteiger partial charge in [-0.05, 0) is 49.3 Å². The van der Waals surface area contributed by atoms with Crippen LogP contribution in [0.1, 0.15) is 47.5 Å². The molecule has 106 valence electrons. The molecule has 0 unspecified atom stereocenters. The normalized spacial score (nSPS) is 19.7. The monoisotopic (exact) mass is 262 g/mol. The summed E-state index contributed by atoms with van der Waals surface area (Å²) >= 11 is 0. The smallest absolute Gasteiger partial charge is 0.160 e. The second-order valence-electron chi connectivity index (χ2n) is 5.91. The first kappa shape index (κ1) is 15.7. The third kappa shape index (κ3) is 3.35. The summed E-state index contributed by atoms with van der Waals surface area (Å²) in [5.41, 5.74) is 3.85. The number of nitrogens with two attached hydrogens (primary N) is 1. The van der Waals surface area contributed by atoms with Crippen LogP contribution >= 0.6 is 0 Å². The van der Waals surface area contributed by atoms with Crippen molar-refractivity contribution in [3.63, 3.8) is 0 Å². The van der Waals surface area contributed by atoms with Gasteiger partial charge in [0.15, 0.2) is 5.78 Å². The highest BCUT2D eigenvalue weighted by atomic mass is 16.1. The third-order valence-corrected chi connectivity index (χ3v) is 4.15. The van der Waals surface area contributed by atoms with Crippen molar-refractivity contribution in [3.05, 3.63) is 35.1 Å². The lowest BCUT2D eigenvalue weighted by molar-refractivity contribution is -0.113. The van der Waals surface area contributed by atoms with Gasteiger partial charge in [-0.3, -0.25) is 4.79 Å². The van der Waals surface area contributed by atoms with Gasteiger partial charge in [0.1, 0.15) is 0 Å². The Morgan fingerprint density at radius 2 is 2.11 bits per heavy atom. The van der Waals surface area contributed by atoms with E-state index in [1.807, 2.05) is 13.0 Å². The molecular formula is C16H26N2O. The minimum Gasteiger partial charge on any atom is -0.311 e. The fourth-order valence-corrected chi connectivity index (χ4v) is 2.24. The lowest BCUT2D eigenvalue weighted by Crippen LogP contribution is -2.39. The first-order valence-electron chi connectivity index (χ1n) is 6.85. The molecule has 0 spiro atoms. The third-order valence-electron chi connectivity index (χ3n) is 4.15. The number of ketones is 1. The first-order chi connectivity index (χ1) is 8.70. The van der Waals surface area contributed by atoms with E-state index in [-0.39, 0.29) is 11.2 Å². The summed E-state index contributed by atoms with van der Waals surface area (Å²) in [6.07, 6.45) is 3.70. The van der Waals surface area contributed by atoms with Crippen LogP contribution in [-0.2, 0) is 4.79 Å². The summed E-state index contributed by atoms with van der Waals surface area (Å²) in [4.78, 5) is 11.8. The molecule has 3 nitrogen and oxygen atoms in total. The van der Waals surface area contributed by atoms with E-state index in [1.54, 1.807) is 11.9 Å². The Morgan fingerprint density at radius 3 is 2.58 bits per heavy atom. The fraction of sp³-hybridized carbons (Fsp3) is 0.562. The molecule has 0 fully saturated rings. The number of hydrogen-bond acceptors (Lipinski definition) is 3. The zero-order valence-electron chi connectivity index (χ0n) is 12.8. The number of hydrogen-bond donors (Lipinski definition) is 1. The Kier molecular flexibility index (Phi) is 4.75. The molecule has 0 amide bonds. The zero-order chi connectivity index (χ0) is 14.8. The molecular weight excluding hydrogens is 236 g/mol. The second-order valence-corrected chi connectivity index (χ2v) is 5.91. The Labute approximate surface area is 116 Å². The fourth-order valence-electron chi connectivity index (χ4n) is 2.24. The molecule has 1 rings (SSSR count). The van der Waals surface area contributed by atoms with Gasteiger partial charge in [0.25, 0.3) is 0 Å². The van der Waals surface area contributed by atoms with E-state index < -0.39 is 0 Å². The minimum atomic E-state index is 0.0453. The molecule has 0 saturated heterocycles. The second kappa shape index (κ2) is 5.74. The quantitative estimate of drug-likeness (QED) is 0.480. The van der Waals surface area contributed by atoms with Gasteiger partial charge < -0.3 is 5.01 Å². The summed E-state index contributed by atoms with van der Waals surface area (Å²) in [7, 11) is 0. The summed E-state index contributed by atoms with van der Waals surface area (Å²) in [5, 5.41) is 1.74. The van der Waals surface area contributed by atoms with Crippen molar-refractivity contribution in [2.45, 2.75) is 47.5 Å². The van der Waals surface area contributed by atoms with Gasteiger partial charge in [-0.2, -0.15) is 0 Å². The Bertz CT molecular complexity index is 455. The highest BCUT2D eigenvalue weighted by Gasteiger charge is 2.29. The van der Waals surface area contributed by atoms with E-state index in [9.17, 15) is 4.79 Å². The van der Waals surface area contributed by atoms with Crippen LogP contribution in [0.15, 0.2) is 35.1 Å². The van der Waals surface area contributed by atoms with Gasteiger partial charge in [0.2, 0.25) is 0 Å². The van der Waals surface area contributed by atoms with Gasteiger partial charge in [0.05, 0.1) is 5.70 Å². The highest BCUT2D eigenvalue weighted by molar-refractivity contribution is 5.98. The van der Waals surface area contributed by atoms with Crippen LogP contribution in [0.5, 0.6) is 0 Å². The molecule has 2 N–H and O–H groups in total. The Balaban J connectivity index is 3.32. The van der Waals surface area contributed by atoms with Gasteiger partial charge >= 0.3 is 0 Å². The molecule has 19 heavy (non-hydrogen) atoms. The maximum atomic E-state index is 11.8. The van der Waals surface area contributed by atoms with E-state index in [0.717, 1.165) is 30.7 Å². The number of nitrogens with zero attached hydrogens (tertiary/aromatic N) is 1. The predicted molar refractivity (Wildman–Crippen MR) is 80.2 cm³/mol. The van der Waals surface area contributed by atoms with Crippen molar-refractivity contribution in [2.24, 2.45) is 11.3 Å². The van der Waals surface area contributed by atoms with Gasteiger partial charge in [-0.25, -0.2) is 5.84 Å². The lowest BCUT2D eigenvalue weighted by atomic mass is 9.78. The van der Waals surface area contributed by atoms with E-state index >= 15 is 0 Å². The van der Waals surface area contributed by atoms with Crippen LogP contribution in [0.2, 0.25) is 0 Å². The predicted octanol–water partition coefficient (Wildman–Crippen LogP) is 3.35. The minimum absolute atomic E-state index is 0.0453. The molecule has 0 atom stereocenters. The molecule has 0 aromatic carbocycles. The molecule has 0 radical (unpaired) electrons. The van der Waals surface area contributed by atoms with Crippen LogP contribution in [0, 0.1) is 5.41 Å². The van der Waals surface area contributed by atoms with Crippen molar-refractivity contribution in [2.75, 3.05) is 6.54 Å². The lowest BCUT2D eigenvalue weighted by Gasteiger charge is -2.38. The summed E-state index contributed by atoms with van der Waals surface area (Å²) in [6, 6.07) is 0. The number of rotatable bonds is 4. The van der Waals surface area contributed by atoms with E-state index in [4.69, 9.17) is 5.84 Å². The van der Waals surface area contributed by atoms with Crippen molar-refractivity contribution in [1.29, 1.82) is 0 Å².